The maximum absolute atomic E-state index is 11.5. The second kappa shape index (κ2) is 6.76. The molecule has 0 saturated carbocycles. The Labute approximate surface area is 150 Å². The molecule has 3 aromatic rings. The van der Waals surface area contributed by atoms with Gasteiger partial charge in [-0.2, -0.15) is 0 Å². The van der Waals surface area contributed by atoms with Crippen molar-refractivity contribution in [3.8, 4) is 0 Å². The van der Waals surface area contributed by atoms with Gasteiger partial charge in [0.1, 0.15) is 0 Å². The first kappa shape index (κ1) is 16.5. The van der Waals surface area contributed by atoms with E-state index in [9.17, 15) is 8.42 Å². The van der Waals surface area contributed by atoms with Crippen molar-refractivity contribution in [3.63, 3.8) is 0 Å². The normalized spacial score (nSPS) is 19.4. The molecule has 0 spiro atoms. The molecule has 130 valence electrons. The van der Waals surface area contributed by atoms with Gasteiger partial charge in [0.15, 0.2) is 9.84 Å². The minimum atomic E-state index is -2.88. The molecule has 0 N–H and O–H groups in total. The molecule has 2 aromatic heterocycles. The summed E-state index contributed by atoms with van der Waals surface area (Å²) in [7, 11) is -2.88. The van der Waals surface area contributed by atoms with Gasteiger partial charge in [0, 0.05) is 23.8 Å². The van der Waals surface area contributed by atoms with Crippen LogP contribution in [0.1, 0.15) is 17.9 Å². The molecular weight excluding hydrogens is 358 g/mol. The predicted molar refractivity (Wildman–Crippen MR) is 96.1 cm³/mol. The zero-order valence-corrected chi connectivity index (χ0v) is 15.1. The number of fused-ring (bicyclic) bond motifs is 1. The monoisotopic (exact) mass is 375 g/mol. The molecule has 8 heteroatoms. The number of pyridine rings is 1. The molecule has 0 amide bonds. The number of benzene rings is 1. The molecule has 1 aliphatic rings. The summed E-state index contributed by atoms with van der Waals surface area (Å²) >= 11 is 1.47. The summed E-state index contributed by atoms with van der Waals surface area (Å²) in [6, 6.07) is 10.1. The Kier molecular flexibility index (Phi) is 4.47. The van der Waals surface area contributed by atoms with Crippen LogP contribution < -0.4 is 0 Å². The van der Waals surface area contributed by atoms with Gasteiger partial charge >= 0.3 is 0 Å². The summed E-state index contributed by atoms with van der Waals surface area (Å²) in [5.74, 6) is 1.78. The Hall–Kier alpha value is -1.93. The van der Waals surface area contributed by atoms with Gasteiger partial charge in [-0.05, 0) is 24.0 Å². The lowest BCUT2D eigenvalue weighted by atomic mass is 10.1. The number of para-hydroxylation sites is 1. The number of aromatic nitrogens is 3. The molecule has 3 heterocycles. The van der Waals surface area contributed by atoms with Gasteiger partial charge in [-0.1, -0.05) is 36.0 Å². The molecule has 6 nitrogen and oxygen atoms in total. The third-order valence-corrected chi connectivity index (χ3v) is 7.01. The summed E-state index contributed by atoms with van der Waals surface area (Å²) in [4.78, 5) is 4.44. The van der Waals surface area contributed by atoms with E-state index in [2.05, 4.69) is 15.2 Å². The van der Waals surface area contributed by atoms with E-state index in [1.165, 1.54) is 11.8 Å². The van der Waals surface area contributed by atoms with Crippen LogP contribution in [0.4, 0.5) is 0 Å². The largest absolute Gasteiger partial charge is 0.416 e. The summed E-state index contributed by atoms with van der Waals surface area (Å²) in [6.45, 7) is 0. The smallest absolute Gasteiger partial charge is 0.276 e. The number of hydrogen-bond acceptors (Lipinski definition) is 7. The van der Waals surface area contributed by atoms with Crippen molar-refractivity contribution in [2.75, 3.05) is 11.5 Å². The average molecular weight is 375 g/mol. The van der Waals surface area contributed by atoms with Crippen LogP contribution in [0.15, 0.2) is 46.2 Å². The van der Waals surface area contributed by atoms with Crippen molar-refractivity contribution in [1.82, 2.24) is 15.2 Å². The van der Waals surface area contributed by atoms with Crippen LogP contribution in [0.2, 0.25) is 0 Å². The van der Waals surface area contributed by atoms with Gasteiger partial charge in [0.2, 0.25) is 5.89 Å². The second-order valence-electron chi connectivity index (χ2n) is 6.22. The van der Waals surface area contributed by atoms with Crippen molar-refractivity contribution in [2.24, 2.45) is 5.92 Å². The summed E-state index contributed by atoms with van der Waals surface area (Å²) in [5, 5.41) is 9.73. The standard InChI is InChI=1S/C17H17N3O3S2/c21-25(22)8-6-12(11-25)9-15-19-20-17(23-15)24-10-14-4-1-3-13-5-2-7-18-16(13)14/h1-5,7,12H,6,8-11H2/t12-/m1/s1. The Morgan fingerprint density at radius 2 is 2.08 bits per heavy atom. The van der Waals surface area contributed by atoms with Crippen molar-refractivity contribution in [2.45, 2.75) is 23.8 Å². The minimum absolute atomic E-state index is 0.0885. The predicted octanol–water partition coefficient (Wildman–Crippen LogP) is 2.89. The summed E-state index contributed by atoms with van der Waals surface area (Å²) in [5.41, 5.74) is 2.10. The van der Waals surface area contributed by atoms with Crippen LogP contribution >= 0.6 is 11.8 Å². The van der Waals surface area contributed by atoms with E-state index in [-0.39, 0.29) is 17.4 Å². The van der Waals surface area contributed by atoms with Crippen LogP contribution in [0.25, 0.3) is 10.9 Å². The maximum atomic E-state index is 11.5. The van der Waals surface area contributed by atoms with Gasteiger partial charge in [-0.3, -0.25) is 4.98 Å². The SMILES string of the molecule is O=S1(=O)CC[C@H](Cc2nnc(SCc3cccc4cccnc34)o2)C1. The van der Waals surface area contributed by atoms with Crippen LogP contribution in [0, 0.1) is 5.92 Å². The average Bonchev–Trinajstić information content (AvgIpc) is 3.19. The lowest BCUT2D eigenvalue weighted by Crippen LogP contribution is -2.07. The Bertz CT molecular complexity index is 996. The first-order valence-corrected chi connectivity index (χ1v) is 10.9. The van der Waals surface area contributed by atoms with E-state index in [1.807, 2.05) is 30.3 Å². The third kappa shape index (κ3) is 3.85. The molecule has 1 aliphatic heterocycles. The summed E-state index contributed by atoms with van der Waals surface area (Å²) in [6.07, 6.45) is 2.99. The molecule has 0 radical (unpaired) electrons. The molecule has 25 heavy (non-hydrogen) atoms. The maximum Gasteiger partial charge on any atom is 0.276 e. The van der Waals surface area contributed by atoms with E-state index in [0.29, 0.717) is 29.7 Å². The molecule has 1 aromatic carbocycles. The van der Waals surface area contributed by atoms with Crippen molar-refractivity contribution < 1.29 is 12.8 Å². The highest BCUT2D eigenvalue weighted by Crippen LogP contribution is 2.27. The summed E-state index contributed by atoms with van der Waals surface area (Å²) < 4.78 is 28.7. The fraction of sp³-hybridized carbons (Fsp3) is 0.353. The first-order chi connectivity index (χ1) is 12.1. The van der Waals surface area contributed by atoms with Gasteiger partial charge in [-0.15, -0.1) is 10.2 Å². The van der Waals surface area contributed by atoms with Gasteiger partial charge in [0.05, 0.1) is 17.0 Å². The molecule has 4 rings (SSSR count). The van der Waals surface area contributed by atoms with E-state index in [4.69, 9.17) is 4.42 Å². The van der Waals surface area contributed by atoms with Crippen molar-refractivity contribution >= 4 is 32.5 Å². The van der Waals surface area contributed by atoms with Crippen LogP contribution in [-0.4, -0.2) is 35.1 Å². The van der Waals surface area contributed by atoms with E-state index < -0.39 is 9.84 Å². The second-order valence-corrected chi connectivity index (χ2v) is 9.37. The third-order valence-electron chi connectivity index (χ3n) is 4.31. The number of thioether (sulfide) groups is 1. The van der Waals surface area contributed by atoms with Crippen molar-refractivity contribution in [3.05, 3.63) is 48.0 Å². The minimum Gasteiger partial charge on any atom is -0.416 e. The Morgan fingerprint density at radius 1 is 1.20 bits per heavy atom. The Balaban J connectivity index is 1.41. The topological polar surface area (TPSA) is 86.0 Å². The number of rotatable bonds is 5. The molecule has 0 aliphatic carbocycles. The number of nitrogens with zero attached hydrogens (tertiary/aromatic N) is 3. The molecule has 0 unspecified atom stereocenters. The highest BCUT2D eigenvalue weighted by atomic mass is 32.2. The Morgan fingerprint density at radius 3 is 2.92 bits per heavy atom. The number of sulfone groups is 1. The zero-order chi connectivity index (χ0) is 17.3. The van der Waals surface area contributed by atoms with E-state index in [0.717, 1.165) is 16.5 Å². The lowest BCUT2D eigenvalue weighted by Gasteiger charge is -2.03. The van der Waals surface area contributed by atoms with Crippen LogP contribution in [0.5, 0.6) is 0 Å². The van der Waals surface area contributed by atoms with Gasteiger partial charge in [-0.25, -0.2) is 8.42 Å². The molecule has 1 saturated heterocycles. The van der Waals surface area contributed by atoms with Crippen molar-refractivity contribution in [1.29, 1.82) is 0 Å². The molecular formula is C17H17N3O3S2. The highest BCUT2D eigenvalue weighted by molar-refractivity contribution is 7.98. The molecule has 1 fully saturated rings. The van der Waals surface area contributed by atoms with Gasteiger partial charge < -0.3 is 4.42 Å². The lowest BCUT2D eigenvalue weighted by molar-refractivity contribution is 0.389. The quantitative estimate of drug-likeness (QED) is 0.634. The highest BCUT2D eigenvalue weighted by Gasteiger charge is 2.29. The first-order valence-electron chi connectivity index (χ1n) is 8.07. The number of hydrogen-bond donors (Lipinski definition) is 0. The zero-order valence-electron chi connectivity index (χ0n) is 13.5. The van der Waals surface area contributed by atoms with Gasteiger partial charge in [0.25, 0.3) is 5.22 Å². The molecule has 0 bridgehead atoms. The molecule has 1 atom stereocenters. The van der Waals surface area contributed by atoms with Crippen LogP contribution in [-0.2, 0) is 22.0 Å². The fourth-order valence-electron chi connectivity index (χ4n) is 3.08. The van der Waals surface area contributed by atoms with E-state index in [1.54, 1.807) is 6.20 Å². The fourth-order valence-corrected chi connectivity index (χ4v) is 5.71. The van der Waals surface area contributed by atoms with Crippen LogP contribution in [0.3, 0.4) is 0 Å². The van der Waals surface area contributed by atoms with E-state index >= 15 is 0 Å².